The Hall–Kier alpha value is -3.11. The van der Waals surface area contributed by atoms with E-state index in [0.29, 0.717) is 11.1 Å². The number of halogens is 1. The fourth-order valence-corrected chi connectivity index (χ4v) is 3.27. The molecule has 0 aliphatic rings. The summed E-state index contributed by atoms with van der Waals surface area (Å²) in [6.45, 7) is 4.35. The number of rotatable bonds is 7. The minimum absolute atomic E-state index is 0.255. The van der Waals surface area contributed by atoms with Gasteiger partial charge in [0.2, 0.25) is 0 Å². The van der Waals surface area contributed by atoms with Gasteiger partial charge in [-0.1, -0.05) is 93.1 Å². The number of unbranched alkanes of at least 4 members (excludes halogenated alkanes) is 2. The molecule has 0 radical (unpaired) electrons. The van der Waals surface area contributed by atoms with Gasteiger partial charge in [-0.2, -0.15) is 0 Å². The van der Waals surface area contributed by atoms with E-state index in [2.05, 4.69) is 62.1 Å². The van der Waals surface area contributed by atoms with Gasteiger partial charge in [0.25, 0.3) is 0 Å². The highest BCUT2D eigenvalue weighted by atomic mass is 19.1. The lowest BCUT2D eigenvalue weighted by molar-refractivity contribution is 0.625. The molecule has 0 saturated heterocycles. The summed E-state index contributed by atoms with van der Waals surface area (Å²) in [4.78, 5) is 0. The van der Waals surface area contributed by atoms with Crippen LogP contribution >= 0.6 is 0 Å². The molecule has 0 amide bonds. The van der Waals surface area contributed by atoms with Crippen LogP contribution in [0.3, 0.4) is 0 Å². The summed E-state index contributed by atoms with van der Waals surface area (Å²) in [7, 11) is 0. The molecule has 3 aromatic rings. The van der Waals surface area contributed by atoms with E-state index in [4.69, 9.17) is 0 Å². The van der Waals surface area contributed by atoms with Crippen molar-refractivity contribution in [3.63, 3.8) is 0 Å². The molecular formula is C29H29F. The van der Waals surface area contributed by atoms with Crippen LogP contribution < -0.4 is 0 Å². The smallest absolute Gasteiger partial charge is 0.131 e. The van der Waals surface area contributed by atoms with Crippen LogP contribution in [0.1, 0.15) is 66.5 Å². The van der Waals surface area contributed by atoms with Crippen LogP contribution in [-0.4, -0.2) is 0 Å². The molecule has 0 saturated carbocycles. The average molecular weight is 397 g/mol. The summed E-state index contributed by atoms with van der Waals surface area (Å²) in [6, 6.07) is 21.9. The number of benzene rings is 3. The molecule has 0 N–H and O–H groups in total. The first-order chi connectivity index (χ1) is 14.7. The SMILES string of the molecule is CCCCCc1ccc(C#Cc2ccc(C=Cc3ccc(CC)cc3)c(F)c2)cc1. The molecule has 0 nitrogen and oxygen atoms in total. The molecule has 152 valence electrons. The lowest BCUT2D eigenvalue weighted by Crippen LogP contribution is -1.86. The lowest BCUT2D eigenvalue weighted by Gasteiger charge is -2.01. The summed E-state index contributed by atoms with van der Waals surface area (Å²) in [5.41, 5.74) is 5.91. The second-order valence-electron chi connectivity index (χ2n) is 7.57. The standard InChI is InChI=1S/C29H29F/c1-3-5-6-7-24-12-14-25(15-13-24)16-17-27-19-21-28(29(30)22-27)20-18-26-10-8-23(4-2)9-11-26/h8-15,18-22H,3-7H2,1-2H3. The van der Waals surface area contributed by atoms with Gasteiger partial charge in [0.1, 0.15) is 5.82 Å². The largest absolute Gasteiger partial charge is 0.206 e. The highest BCUT2D eigenvalue weighted by Gasteiger charge is 2.00. The summed E-state index contributed by atoms with van der Waals surface area (Å²) in [6.07, 6.45) is 9.61. The predicted octanol–water partition coefficient (Wildman–Crippen LogP) is 7.69. The van der Waals surface area contributed by atoms with Crippen molar-refractivity contribution in [2.45, 2.75) is 46.0 Å². The Morgan fingerprint density at radius 3 is 2.07 bits per heavy atom. The quantitative estimate of drug-likeness (QED) is 0.218. The molecule has 0 aromatic heterocycles. The maximum Gasteiger partial charge on any atom is 0.131 e. The van der Waals surface area contributed by atoms with Gasteiger partial charge >= 0.3 is 0 Å². The molecule has 0 atom stereocenters. The van der Waals surface area contributed by atoms with E-state index < -0.39 is 0 Å². The first-order valence-corrected chi connectivity index (χ1v) is 10.9. The Bertz CT molecular complexity index is 1030. The first kappa shape index (κ1) is 21.6. The van der Waals surface area contributed by atoms with Gasteiger partial charge < -0.3 is 0 Å². The zero-order valence-corrected chi connectivity index (χ0v) is 17.9. The van der Waals surface area contributed by atoms with Crippen molar-refractivity contribution < 1.29 is 4.39 Å². The van der Waals surface area contributed by atoms with Crippen LogP contribution in [0.15, 0.2) is 66.7 Å². The fraction of sp³-hybridized carbons (Fsp3) is 0.241. The van der Waals surface area contributed by atoms with Crippen LogP contribution in [-0.2, 0) is 12.8 Å². The molecule has 0 aliphatic heterocycles. The van der Waals surface area contributed by atoms with Gasteiger partial charge in [-0.3, -0.25) is 0 Å². The van der Waals surface area contributed by atoms with Gasteiger partial charge in [-0.25, -0.2) is 4.39 Å². The van der Waals surface area contributed by atoms with E-state index >= 15 is 0 Å². The molecule has 0 spiro atoms. The van der Waals surface area contributed by atoms with Crippen LogP contribution in [0.25, 0.3) is 12.2 Å². The Balaban J connectivity index is 1.64. The van der Waals surface area contributed by atoms with Crippen LogP contribution in [0.4, 0.5) is 4.39 Å². The minimum Gasteiger partial charge on any atom is -0.206 e. The van der Waals surface area contributed by atoms with Gasteiger partial charge in [0.05, 0.1) is 0 Å². The molecule has 30 heavy (non-hydrogen) atoms. The monoisotopic (exact) mass is 396 g/mol. The third kappa shape index (κ3) is 6.46. The second kappa shape index (κ2) is 11.2. The van der Waals surface area contributed by atoms with Gasteiger partial charge in [0, 0.05) is 16.7 Å². The van der Waals surface area contributed by atoms with Crippen LogP contribution in [0.5, 0.6) is 0 Å². The van der Waals surface area contributed by atoms with Crippen molar-refractivity contribution in [3.05, 3.63) is 106 Å². The molecule has 0 heterocycles. The lowest BCUT2D eigenvalue weighted by atomic mass is 10.0. The van der Waals surface area contributed by atoms with E-state index in [1.165, 1.54) is 36.5 Å². The molecule has 0 bridgehead atoms. The average Bonchev–Trinajstić information content (AvgIpc) is 2.78. The summed E-state index contributed by atoms with van der Waals surface area (Å²) in [5, 5.41) is 0. The highest BCUT2D eigenvalue weighted by Crippen LogP contribution is 2.15. The summed E-state index contributed by atoms with van der Waals surface area (Å²) >= 11 is 0. The number of hydrogen-bond acceptors (Lipinski definition) is 0. The topological polar surface area (TPSA) is 0 Å². The fourth-order valence-electron chi connectivity index (χ4n) is 3.27. The first-order valence-electron chi connectivity index (χ1n) is 10.9. The number of aryl methyl sites for hydroxylation is 2. The van der Waals surface area contributed by atoms with Gasteiger partial charge in [-0.05, 0) is 60.2 Å². The zero-order chi connectivity index (χ0) is 21.2. The number of hydrogen-bond donors (Lipinski definition) is 0. The van der Waals surface area contributed by atoms with Crippen LogP contribution in [0.2, 0.25) is 0 Å². The molecule has 0 aliphatic carbocycles. The van der Waals surface area contributed by atoms with E-state index in [1.807, 2.05) is 30.4 Å². The molecule has 3 rings (SSSR count). The Morgan fingerprint density at radius 1 is 0.733 bits per heavy atom. The summed E-state index contributed by atoms with van der Waals surface area (Å²) < 4.78 is 14.5. The zero-order valence-electron chi connectivity index (χ0n) is 17.9. The highest BCUT2D eigenvalue weighted by molar-refractivity contribution is 5.70. The molecule has 0 fully saturated rings. The van der Waals surface area contributed by atoms with Crippen molar-refractivity contribution in [2.24, 2.45) is 0 Å². The molecule has 3 aromatic carbocycles. The van der Waals surface area contributed by atoms with Gasteiger partial charge in [0.15, 0.2) is 0 Å². The third-order valence-corrected chi connectivity index (χ3v) is 5.22. The molecule has 0 unspecified atom stereocenters. The Kier molecular flexibility index (Phi) is 8.04. The van der Waals surface area contributed by atoms with E-state index in [0.717, 1.165) is 24.0 Å². The maximum absolute atomic E-state index is 14.5. The Morgan fingerprint density at radius 2 is 1.40 bits per heavy atom. The van der Waals surface area contributed by atoms with Crippen molar-refractivity contribution in [1.82, 2.24) is 0 Å². The van der Waals surface area contributed by atoms with E-state index in [1.54, 1.807) is 6.07 Å². The van der Waals surface area contributed by atoms with Crippen LogP contribution in [0, 0.1) is 17.7 Å². The summed E-state index contributed by atoms with van der Waals surface area (Å²) in [5.74, 6) is 5.95. The molecular weight excluding hydrogens is 367 g/mol. The maximum atomic E-state index is 14.5. The second-order valence-corrected chi connectivity index (χ2v) is 7.57. The normalized spacial score (nSPS) is 10.8. The van der Waals surface area contributed by atoms with Crippen molar-refractivity contribution in [1.29, 1.82) is 0 Å². The van der Waals surface area contributed by atoms with E-state index in [-0.39, 0.29) is 5.82 Å². The Labute approximate surface area is 180 Å². The molecule has 1 heteroatoms. The van der Waals surface area contributed by atoms with Crippen molar-refractivity contribution >= 4 is 12.2 Å². The van der Waals surface area contributed by atoms with Crippen molar-refractivity contribution in [3.8, 4) is 11.8 Å². The van der Waals surface area contributed by atoms with Gasteiger partial charge in [-0.15, -0.1) is 0 Å². The third-order valence-electron chi connectivity index (χ3n) is 5.22. The van der Waals surface area contributed by atoms with Crippen molar-refractivity contribution in [2.75, 3.05) is 0 Å². The minimum atomic E-state index is -0.255. The van der Waals surface area contributed by atoms with E-state index in [9.17, 15) is 4.39 Å². The predicted molar refractivity (Wildman–Crippen MR) is 127 cm³/mol.